The van der Waals surface area contributed by atoms with Crippen molar-refractivity contribution in [1.82, 2.24) is 10.3 Å². The van der Waals surface area contributed by atoms with Gasteiger partial charge in [-0.3, -0.25) is 19.2 Å². The number of hydrogen-bond acceptors (Lipinski definition) is 12. The molecule has 0 saturated carbocycles. The molecule has 1 aromatic heterocycles. The molecule has 1 saturated heterocycles. The lowest BCUT2D eigenvalue weighted by Crippen LogP contribution is -2.43. The highest BCUT2D eigenvalue weighted by molar-refractivity contribution is 7.81. The van der Waals surface area contributed by atoms with Crippen LogP contribution in [0.15, 0.2) is 11.5 Å². The van der Waals surface area contributed by atoms with E-state index in [1.165, 1.54) is 12.8 Å². The number of rotatable bonds is 10. The molecule has 11 nitrogen and oxygen atoms in total. The van der Waals surface area contributed by atoms with Crippen LogP contribution in [0.25, 0.3) is 6.08 Å². The SMILES string of the molecule is C/C=C\c1csc(C)n1.CC.CC.CC(C)(CCOC(C)(C)S)NCC(=O)O.CC1CCCOC(=O)CC(OC(=O)CN)C(C)C(=O)C(C)CC(C)CCC1.CCC.CCC. The molecule has 1 aromatic rings. The normalized spacial score (nSPS) is 20.0. The summed E-state index contributed by atoms with van der Waals surface area (Å²) >= 11 is 5.91. The summed E-state index contributed by atoms with van der Waals surface area (Å²) in [5.41, 5.74) is 6.16. The van der Waals surface area contributed by atoms with Crippen molar-refractivity contribution in [3.63, 3.8) is 0 Å². The van der Waals surface area contributed by atoms with Crippen molar-refractivity contribution in [2.75, 3.05) is 26.3 Å². The van der Waals surface area contributed by atoms with Crippen molar-refractivity contribution in [2.24, 2.45) is 29.4 Å². The van der Waals surface area contributed by atoms with Crippen molar-refractivity contribution >= 4 is 53.7 Å². The Morgan fingerprint density at radius 1 is 0.984 bits per heavy atom. The van der Waals surface area contributed by atoms with Crippen LogP contribution in [-0.4, -0.2) is 76.7 Å². The van der Waals surface area contributed by atoms with Gasteiger partial charge in [-0.05, 0) is 85.1 Å². The number of cyclic esters (lactones) is 1. The van der Waals surface area contributed by atoms with Crippen LogP contribution in [0.5, 0.6) is 0 Å². The Morgan fingerprint density at radius 3 is 1.97 bits per heavy atom. The lowest BCUT2D eigenvalue weighted by molar-refractivity contribution is -0.158. The van der Waals surface area contributed by atoms with Crippen molar-refractivity contribution in [3.05, 3.63) is 22.2 Å². The van der Waals surface area contributed by atoms with Crippen LogP contribution >= 0.6 is 24.0 Å². The fourth-order valence-corrected chi connectivity index (χ4v) is 6.07. The number of nitrogens with zero attached hydrogens (tertiary/aromatic N) is 1. The van der Waals surface area contributed by atoms with E-state index in [0.717, 1.165) is 55.6 Å². The highest BCUT2D eigenvalue weighted by Crippen LogP contribution is 2.26. The van der Waals surface area contributed by atoms with Crippen LogP contribution in [0, 0.1) is 30.6 Å². The average molecular weight is 906 g/mol. The number of ketones is 1. The number of thiol groups is 1. The fraction of sp³-hybridized carbons (Fsp3) is 0.812. The molecule has 1 aliphatic heterocycles. The molecule has 0 aliphatic carbocycles. The van der Waals surface area contributed by atoms with E-state index in [2.05, 4.69) is 69.9 Å². The van der Waals surface area contributed by atoms with E-state index in [1.54, 1.807) is 18.3 Å². The molecule has 362 valence electrons. The molecular formula is C48H95N3O8S2. The van der Waals surface area contributed by atoms with Crippen molar-refractivity contribution in [2.45, 2.75) is 205 Å². The molecule has 0 bridgehead atoms. The smallest absolute Gasteiger partial charge is 0.320 e. The van der Waals surface area contributed by atoms with Gasteiger partial charge in [0, 0.05) is 16.8 Å². The van der Waals surface area contributed by atoms with Gasteiger partial charge in [-0.15, -0.1) is 24.0 Å². The zero-order valence-electron chi connectivity index (χ0n) is 42.2. The Hall–Kier alpha value is -2.32. The zero-order valence-corrected chi connectivity index (χ0v) is 43.9. The Balaban J connectivity index is -0.000000257. The molecule has 2 rings (SSSR count). The average Bonchev–Trinajstić information content (AvgIpc) is 3.60. The fourth-order valence-electron chi connectivity index (χ4n) is 5.39. The van der Waals surface area contributed by atoms with Crippen LogP contribution in [0.1, 0.15) is 193 Å². The molecule has 5 unspecified atom stereocenters. The number of carbonyl (C=O) groups excluding carboxylic acids is 3. The van der Waals surface area contributed by atoms with Gasteiger partial charge in [0.05, 0.1) is 49.3 Å². The summed E-state index contributed by atoms with van der Waals surface area (Å²) in [5, 5.41) is 14.6. The van der Waals surface area contributed by atoms with E-state index in [1.807, 2.05) is 88.3 Å². The number of nitrogens with one attached hydrogen (secondary N) is 1. The number of aromatic nitrogens is 1. The van der Waals surface area contributed by atoms with Gasteiger partial charge in [-0.25, -0.2) is 4.98 Å². The standard InChI is InChI=1S/C21H37NO5.C10H21NO3S.C7H9NS.2C3H8.2C2H6/c1-14-7-5-8-15(2)11-16(3)21(25)17(4)18(27-20(24)13-22)12-19(23)26-10-6-9-14;1-9(2,11-7-8(12)13)5-6-14-10(3,4)15;1-3-4-7-5-9-6(2)8-7;2*1-3-2;2*1-2/h14-18H,5-13,22H2,1-4H3;11,15H,5-7H2,1-4H3,(H,12,13);3-5H,1-2H3;2*3H2,1-2H3;2*1-2H3/b;;4-3-;;;;. The van der Waals surface area contributed by atoms with Gasteiger partial charge >= 0.3 is 17.9 Å². The molecule has 1 fully saturated rings. The number of aryl methyl sites for hydroxylation is 1. The molecule has 0 aromatic carbocycles. The zero-order chi connectivity index (χ0) is 48.6. The van der Waals surface area contributed by atoms with Gasteiger partial charge in [0.15, 0.2) is 0 Å². The Kier molecular flexibility index (Phi) is 47.7. The first-order valence-electron chi connectivity index (χ1n) is 23.0. The molecular weight excluding hydrogens is 811 g/mol. The largest absolute Gasteiger partial charge is 0.480 e. The minimum absolute atomic E-state index is 0.0185. The number of nitrogens with two attached hydrogens (primary N) is 1. The summed E-state index contributed by atoms with van der Waals surface area (Å²) in [6.45, 7) is 36.8. The Labute approximate surface area is 384 Å². The van der Waals surface area contributed by atoms with Crippen molar-refractivity contribution in [1.29, 1.82) is 0 Å². The van der Waals surface area contributed by atoms with Crippen LogP contribution in [0.3, 0.4) is 0 Å². The number of hydrogen-bond donors (Lipinski definition) is 4. The predicted molar refractivity (Wildman–Crippen MR) is 263 cm³/mol. The topological polar surface area (TPSA) is 167 Å². The molecule has 0 spiro atoms. The van der Waals surface area contributed by atoms with E-state index >= 15 is 0 Å². The maximum absolute atomic E-state index is 12.8. The third kappa shape index (κ3) is 45.5. The lowest BCUT2D eigenvalue weighted by atomic mass is 9.83. The van der Waals surface area contributed by atoms with Crippen LogP contribution in [0.4, 0.5) is 0 Å². The molecule has 1 aliphatic rings. The number of esters is 2. The van der Waals surface area contributed by atoms with Crippen LogP contribution in [0.2, 0.25) is 0 Å². The number of carboxylic acid groups (broad SMARTS) is 1. The summed E-state index contributed by atoms with van der Waals surface area (Å²) in [6.07, 6.45) is 12.4. The number of ether oxygens (including phenoxy) is 3. The number of allylic oxidation sites excluding steroid dienone is 1. The maximum Gasteiger partial charge on any atom is 0.320 e. The van der Waals surface area contributed by atoms with Crippen LogP contribution in [-0.2, 0) is 33.4 Å². The molecule has 4 N–H and O–H groups in total. The molecule has 5 atom stereocenters. The Bertz CT molecular complexity index is 1230. The third-order valence-corrected chi connectivity index (χ3v) is 9.36. The van der Waals surface area contributed by atoms with Gasteiger partial charge in [-0.2, -0.15) is 0 Å². The minimum Gasteiger partial charge on any atom is -0.480 e. The summed E-state index contributed by atoms with van der Waals surface area (Å²) in [6, 6.07) is 0. The van der Waals surface area contributed by atoms with E-state index in [4.69, 9.17) is 25.1 Å². The van der Waals surface area contributed by atoms with Gasteiger partial charge in [0.2, 0.25) is 0 Å². The molecule has 13 heteroatoms. The second-order valence-electron chi connectivity index (χ2n) is 16.2. The monoisotopic (exact) mass is 906 g/mol. The molecule has 0 amide bonds. The molecule has 0 radical (unpaired) electrons. The number of Topliss-reactive ketones (excluding diaryl/α,β-unsaturated/α-hetero) is 1. The van der Waals surface area contributed by atoms with Gasteiger partial charge in [0.1, 0.15) is 16.8 Å². The number of carboxylic acids is 1. The third-order valence-electron chi connectivity index (χ3n) is 8.44. The number of thiazole rings is 1. The second kappa shape index (κ2) is 43.0. The van der Waals surface area contributed by atoms with E-state index in [9.17, 15) is 19.2 Å². The number of aliphatic carboxylic acids is 1. The highest BCUT2D eigenvalue weighted by atomic mass is 32.1. The van der Waals surface area contributed by atoms with Crippen molar-refractivity contribution < 1.29 is 38.5 Å². The van der Waals surface area contributed by atoms with E-state index in [0.29, 0.717) is 25.0 Å². The van der Waals surface area contributed by atoms with Crippen LogP contribution < -0.4 is 11.1 Å². The quantitative estimate of drug-likeness (QED) is 0.100. The predicted octanol–water partition coefficient (Wildman–Crippen LogP) is 12.1. The van der Waals surface area contributed by atoms with Gasteiger partial charge in [0.25, 0.3) is 0 Å². The first kappa shape index (κ1) is 67.8. The van der Waals surface area contributed by atoms with Gasteiger partial charge in [-0.1, -0.05) is 121 Å². The molecule has 61 heavy (non-hydrogen) atoms. The lowest BCUT2D eigenvalue weighted by Gasteiger charge is -2.27. The number of carbonyl (C=O) groups is 4. The highest BCUT2D eigenvalue weighted by Gasteiger charge is 2.33. The summed E-state index contributed by atoms with van der Waals surface area (Å²) in [5.74, 6) is -1.53. The first-order chi connectivity index (χ1) is 28.5. The molecule has 2 heterocycles. The minimum atomic E-state index is -0.849. The summed E-state index contributed by atoms with van der Waals surface area (Å²) in [7, 11) is 0. The maximum atomic E-state index is 12.8. The van der Waals surface area contributed by atoms with Gasteiger partial charge < -0.3 is 30.4 Å². The van der Waals surface area contributed by atoms with E-state index in [-0.39, 0.29) is 36.8 Å². The van der Waals surface area contributed by atoms with Crippen molar-refractivity contribution in [3.8, 4) is 0 Å². The van der Waals surface area contributed by atoms with E-state index < -0.39 is 34.9 Å². The second-order valence-corrected chi connectivity index (χ2v) is 18.3. The Morgan fingerprint density at radius 2 is 1.51 bits per heavy atom. The first-order valence-corrected chi connectivity index (χ1v) is 24.3. The summed E-state index contributed by atoms with van der Waals surface area (Å²) < 4.78 is 16.0. The summed E-state index contributed by atoms with van der Waals surface area (Å²) in [4.78, 5) is 50.8.